The molecule has 1 spiro atoms. The van der Waals surface area contributed by atoms with E-state index in [1.54, 1.807) is 7.11 Å². The molecule has 0 amide bonds. The summed E-state index contributed by atoms with van der Waals surface area (Å²) >= 11 is 0. The van der Waals surface area contributed by atoms with E-state index in [0.717, 1.165) is 60.9 Å². The molecule has 0 aliphatic heterocycles. The van der Waals surface area contributed by atoms with E-state index >= 15 is 0 Å². The van der Waals surface area contributed by atoms with Gasteiger partial charge in [-0.2, -0.15) is 13.2 Å². The maximum atomic E-state index is 13.3. The van der Waals surface area contributed by atoms with Crippen molar-refractivity contribution in [2.24, 2.45) is 23.2 Å². The lowest BCUT2D eigenvalue weighted by Gasteiger charge is -2.46. The summed E-state index contributed by atoms with van der Waals surface area (Å²) in [4.78, 5) is 4.58. The number of allylic oxidation sites excluding steroid dienone is 2. The molecule has 0 aromatic carbocycles. The third-order valence-corrected chi connectivity index (χ3v) is 9.26. The number of hydrogen-bond acceptors (Lipinski definition) is 5. The number of methoxy groups -OCH3 is 1. The molecule has 196 valence electrons. The largest absolute Gasteiger partial charge is 0.393 e. The Morgan fingerprint density at radius 3 is 2.75 bits per heavy atom. The van der Waals surface area contributed by atoms with Gasteiger partial charge >= 0.3 is 6.18 Å². The van der Waals surface area contributed by atoms with E-state index in [9.17, 15) is 18.3 Å². The number of aliphatic hydroxyl groups excluding tert-OH is 1. The Morgan fingerprint density at radius 1 is 1.25 bits per heavy atom. The Hall–Kier alpha value is -2.13. The number of nitrogens with one attached hydrogen (secondary N) is 1. The molecule has 6 nitrogen and oxygen atoms in total. The van der Waals surface area contributed by atoms with E-state index < -0.39 is 12.6 Å². The highest BCUT2D eigenvalue weighted by atomic mass is 19.4. The average Bonchev–Trinajstić information content (AvgIpc) is 3.47. The van der Waals surface area contributed by atoms with Gasteiger partial charge in [0, 0.05) is 36.7 Å². The van der Waals surface area contributed by atoms with Crippen molar-refractivity contribution in [2.45, 2.75) is 82.5 Å². The number of aromatic nitrogens is 3. The van der Waals surface area contributed by atoms with Gasteiger partial charge in [0.05, 0.1) is 24.4 Å². The molecule has 2 unspecified atom stereocenters. The van der Waals surface area contributed by atoms with Gasteiger partial charge in [-0.05, 0) is 86.7 Å². The van der Waals surface area contributed by atoms with Crippen LogP contribution in [-0.2, 0) is 4.74 Å². The fourth-order valence-corrected chi connectivity index (χ4v) is 7.47. The van der Waals surface area contributed by atoms with Crippen molar-refractivity contribution in [2.75, 3.05) is 19.0 Å². The molecule has 2 aromatic heterocycles. The first-order chi connectivity index (χ1) is 17.2. The molecule has 2 heterocycles. The summed E-state index contributed by atoms with van der Waals surface area (Å²) in [6.07, 6.45) is 4.91. The zero-order valence-electron chi connectivity index (χ0n) is 20.9. The molecule has 2 aromatic rings. The third-order valence-electron chi connectivity index (χ3n) is 9.26. The van der Waals surface area contributed by atoms with Crippen LogP contribution in [-0.4, -0.2) is 51.7 Å². The molecule has 5 atom stereocenters. The second-order valence-corrected chi connectivity index (χ2v) is 11.7. The fraction of sp³-hybridized carbons (Fsp3) is 0.704. The molecular weight excluding hydrogens is 469 g/mol. The second kappa shape index (κ2) is 8.72. The number of hydrogen-bond donors (Lipinski definition) is 2. The van der Waals surface area contributed by atoms with Crippen LogP contribution < -0.4 is 5.32 Å². The molecule has 3 saturated carbocycles. The molecule has 2 N–H and O–H groups in total. The summed E-state index contributed by atoms with van der Waals surface area (Å²) in [5, 5.41) is 18.2. The highest BCUT2D eigenvalue weighted by Gasteiger charge is 2.69. The van der Waals surface area contributed by atoms with Crippen molar-refractivity contribution in [3.05, 3.63) is 29.6 Å². The Balaban J connectivity index is 1.35. The number of rotatable bonds is 7. The first kappa shape index (κ1) is 24.2. The number of halogens is 3. The number of aliphatic hydroxyl groups is 1. The van der Waals surface area contributed by atoms with Crippen molar-refractivity contribution in [3.63, 3.8) is 0 Å². The van der Waals surface area contributed by atoms with Crippen molar-refractivity contribution < 1.29 is 23.0 Å². The van der Waals surface area contributed by atoms with Crippen LogP contribution in [0.4, 0.5) is 19.1 Å². The van der Waals surface area contributed by atoms with Gasteiger partial charge in [-0.15, -0.1) is 5.10 Å². The van der Waals surface area contributed by atoms with Gasteiger partial charge < -0.3 is 15.2 Å². The molecule has 36 heavy (non-hydrogen) atoms. The van der Waals surface area contributed by atoms with Gasteiger partial charge in [-0.3, -0.25) is 0 Å². The van der Waals surface area contributed by atoms with E-state index in [0.29, 0.717) is 19.0 Å². The lowest BCUT2D eigenvalue weighted by atomic mass is 9.58. The van der Waals surface area contributed by atoms with Crippen molar-refractivity contribution in [1.29, 1.82) is 0 Å². The SMILES string of the molecule is COC[C@H](C)Nc1ncc2c(C3=C[C@H]4CC45C[C@@H](C3)C5CC(F)(F)F)cc([C@H]3CC[C@H](O)CC3)n2n1. The number of alkyl halides is 3. The van der Waals surface area contributed by atoms with Crippen LogP contribution in [0.2, 0.25) is 0 Å². The zero-order valence-corrected chi connectivity index (χ0v) is 20.9. The van der Waals surface area contributed by atoms with E-state index in [4.69, 9.17) is 9.84 Å². The Morgan fingerprint density at radius 2 is 2.03 bits per heavy atom. The minimum Gasteiger partial charge on any atom is -0.393 e. The molecule has 5 aliphatic rings. The van der Waals surface area contributed by atoms with Gasteiger partial charge in [-0.25, -0.2) is 9.50 Å². The fourth-order valence-electron chi connectivity index (χ4n) is 7.47. The van der Waals surface area contributed by atoms with E-state index in [1.807, 2.05) is 17.6 Å². The normalized spacial score (nSPS) is 34.4. The highest BCUT2D eigenvalue weighted by Crippen LogP contribution is 2.76. The van der Waals surface area contributed by atoms with Crippen LogP contribution >= 0.6 is 0 Å². The maximum Gasteiger partial charge on any atom is 0.389 e. The van der Waals surface area contributed by atoms with Gasteiger partial charge in [-0.1, -0.05) is 6.08 Å². The zero-order chi connectivity index (χ0) is 25.2. The van der Waals surface area contributed by atoms with Crippen LogP contribution in [0.15, 0.2) is 18.3 Å². The van der Waals surface area contributed by atoms with Crippen LogP contribution in [0.1, 0.15) is 75.5 Å². The Bertz CT molecular complexity index is 1170. The summed E-state index contributed by atoms with van der Waals surface area (Å²) < 4.78 is 47.2. The summed E-state index contributed by atoms with van der Waals surface area (Å²) in [6, 6.07) is 2.25. The molecule has 9 heteroatoms. The van der Waals surface area contributed by atoms with Crippen LogP contribution in [0.5, 0.6) is 0 Å². The van der Waals surface area contributed by atoms with Crippen molar-refractivity contribution >= 4 is 17.0 Å². The summed E-state index contributed by atoms with van der Waals surface area (Å²) in [5.41, 5.74) is 4.11. The minimum atomic E-state index is -4.10. The van der Waals surface area contributed by atoms with Crippen LogP contribution in [0.25, 0.3) is 11.1 Å². The second-order valence-electron chi connectivity index (χ2n) is 11.7. The molecule has 2 bridgehead atoms. The monoisotopic (exact) mass is 504 g/mol. The average molecular weight is 505 g/mol. The molecule has 3 fully saturated rings. The predicted octanol–water partition coefficient (Wildman–Crippen LogP) is 5.58. The number of fused-ring (bicyclic) bond motifs is 2. The summed E-state index contributed by atoms with van der Waals surface area (Å²) in [7, 11) is 1.66. The number of ether oxygens (including phenoxy) is 1. The highest BCUT2D eigenvalue weighted by molar-refractivity contribution is 5.80. The third kappa shape index (κ3) is 4.22. The van der Waals surface area contributed by atoms with Crippen LogP contribution in [0.3, 0.4) is 0 Å². The smallest absolute Gasteiger partial charge is 0.389 e. The Labute approximate surface area is 209 Å². The quantitative estimate of drug-likeness (QED) is 0.515. The molecule has 0 radical (unpaired) electrons. The van der Waals surface area contributed by atoms with Crippen molar-refractivity contribution in [3.8, 4) is 0 Å². The standard InChI is InChI=1S/C27H35F3N4O2/c1-15(14-36-2)32-25-31-13-24-21(9-23(34(24)33-25)16-3-5-20(35)6-4-16)17-7-18-10-26(11-19(26)8-17)22(18)12-27(28,29)30/h8-9,13,15-16,18-20,22,35H,3-7,10-12,14H2,1-2H3,(H,32,33)/t15-,16-,18+,19-,20-,22?,26?/m0/s1. The summed E-state index contributed by atoms with van der Waals surface area (Å²) in [5.74, 6) is 0.886. The first-order valence-corrected chi connectivity index (χ1v) is 13.3. The minimum absolute atomic E-state index is 0.0451. The maximum absolute atomic E-state index is 13.3. The topological polar surface area (TPSA) is 71.7 Å². The van der Waals surface area contributed by atoms with Gasteiger partial charge in [0.25, 0.3) is 0 Å². The van der Waals surface area contributed by atoms with E-state index in [-0.39, 0.29) is 41.2 Å². The first-order valence-electron chi connectivity index (χ1n) is 13.3. The number of anilines is 1. The predicted molar refractivity (Wildman–Crippen MR) is 131 cm³/mol. The molecule has 0 saturated heterocycles. The van der Waals surface area contributed by atoms with E-state index in [1.165, 1.54) is 0 Å². The summed E-state index contributed by atoms with van der Waals surface area (Å²) in [6.45, 7) is 2.54. The van der Waals surface area contributed by atoms with Gasteiger partial charge in [0.15, 0.2) is 0 Å². The van der Waals surface area contributed by atoms with Gasteiger partial charge in [0.1, 0.15) is 0 Å². The Kier molecular flexibility index (Phi) is 5.87. The van der Waals surface area contributed by atoms with Gasteiger partial charge in [0.2, 0.25) is 5.95 Å². The van der Waals surface area contributed by atoms with Crippen molar-refractivity contribution in [1.82, 2.24) is 14.6 Å². The number of nitrogens with zero attached hydrogens (tertiary/aromatic N) is 3. The van der Waals surface area contributed by atoms with E-state index in [2.05, 4.69) is 22.4 Å². The van der Waals surface area contributed by atoms with Crippen LogP contribution in [0, 0.1) is 23.2 Å². The lowest BCUT2D eigenvalue weighted by molar-refractivity contribution is -0.169. The molecular formula is C27H35F3N4O2. The molecule has 7 rings (SSSR count). The molecule has 5 aliphatic carbocycles. The lowest BCUT2D eigenvalue weighted by Crippen LogP contribution is -2.41.